The minimum atomic E-state index is -0.574. The summed E-state index contributed by atoms with van der Waals surface area (Å²) in [5.41, 5.74) is -0.0793. The van der Waals surface area contributed by atoms with Crippen molar-refractivity contribution >= 4 is 11.9 Å². The highest BCUT2D eigenvalue weighted by Crippen LogP contribution is 2.23. The van der Waals surface area contributed by atoms with E-state index in [1.807, 2.05) is 13.8 Å². The first kappa shape index (κ1) is 20.3. The molecule has 0 spiro atoms. The normalized spacial score (nSPS) is 17.3. The summed E-state index contributed by atoms with van der Waals surface area (Å²) in [7, 11) is 0. The number of carbonyl (C=O) groups is 2. The third kappa shape index (κ3) is 5.78. The minimum Gasteiger partial charge on any atom is -0.462 e. The predicted molar refractivity (Wildman–Crippen MR) is 96.2 cm³/mol. The Morgan fingerprint density at radius 2 is 1.85 bits per heavy atom. The number of rotatable bonds is 8. The number of carbonyl (C=O) groups excluding carboxylic acids is 2. The molecule has 1 saturated heterocycles. The molecule has 144 valence electrons. The van der Waals surface area contributed by atoms with Crippen molar-refractivity contribution in [3.05, 3.63) is 29.6 Å². The third-order valence-corrected chi connectivity index (χ3v) is 4.63. The van der Waals surface area contributed by atoms with Gasteiger partial charge in [0.05, 0.1) is 30.9 Å². The number of hydrogen-bond acceptors (Lipinski definition) is 7. The van der Waals surface area contributed by atoms with E-state index < -0.39 is 17.5 Å². The summed E-state index contributed by atoms with van der Waals surface area (Å²) in [5, 5.41) is 0. The first-order chi connectivity index (χ1) is 12.5. The molecule has 1 aliphatic rings. The van der Waals surface area contributed by atoms with E-state index in [9.17, 15) is 9.59 Å². The van der Waals surface area contributed by atoms with E-state index >= 15 is 0 Å². The van der Waals surface area contributed by atoms with Crippen molar-refractivity contribution < 1.29 is 23.8 Å². The predicted octanol–water partition coefficient (Wildman–Crippen LogP) is 2.31. The molecule has 0 bridgehead atoms. The maximum atomic E-state index is 12.6. The molecule has 2 rings (SSSR count). The van der Waals surface area contributed by atoms with E-state index in [0.29, 0.717) is 6.42 Å². The molecular weight excluding hydrogens is 336 g/mol. The van der Waals surface area contributed by atoms with Gasteiger partial charge in [-0.3, -0.25) is 9.88 Å². The average molecular weight is 364 g/mol. The van der Waals surface area contributed by atoms with Gasteiger partial charge in [0.1, 0.15) is 5.60 Å². The highest BCUT2D eigenvalue weighted by Gasteiger charge is 2.29. The molecule has 0 N–H and O–H groups in total. The Morgan fingerprint density at radius 3 is 2.46 bits per heavy atom. The highest BCUT2D eigenvalue weighted by molar-refractivity contribution is 5.94. The first-order valence-corrected chi connectivity index (χ1v) is 9.13. The smallest absolute Gasteiger partial charge is 0.340 e. The van der Waals surface area contributed by atoms with Crippen LogP contribution in [0, 0.1) is 0 Å². The Kier molecular flexibility index (Phi) is 7.53. The molecule has 0 radical (unpaired) electrons. The zero-order valence-corrected chi connectivity index (χ0v) is 15.8. The Morgan fingerprint density at radius 1 is 1.19 bits per heavy atom. The van der Waals surface area contributed by atoms with Crippen LogP contribution in [0.3, 0.4) is 0 Å². The zero-order chi connectivity index (χ0) is 19.0. The lowest BCUT2D eigenvalue weighted by molar-refractivity contribution is -0.0262. The Labute approximate surface area is 154 Å². The van der Waals surface area contributed by atoms with Gasteiger partial charge in [0.15, 0.2) is 0 Å². The van der Waals surface area contributed by atoms with Gasteiger partial charge in [-0.1, -0.05) is 6.92 Å². The maximum absolute atomic E-state index is 12.6. The van der Waals surface area contributed by atoms with Gasteiger partial charge in [0.25, 0.3) is 0 Å². The van der Waals surface area contributed by atoms with Crippen LogP contribution in [0.5, 0.6) is 0 Å². The van der Waals surface area contributed by atoms with Crippen LogP contribution in [0.25, 0.3) is 0 Å². The number of pyridine rings is 1. The summed E-state index contributed by atoms with van der Waals surface area (Å²) in [4.78, 5) is 30.6. The second kappa shape index (κ2) is 9.64. The molecule has 0 saturated carbocycles. The van der Waals surface area contributed by atoms with Gasteiger partial charge in [-0.2, -0.15) is 0 Å². The van der Waals surface area contributed by atoms with Crippen LogP contribution >= 0.6 is 0 Å². The van der Waals surface area contributed by atoms with Crippen molar-refractivity contribution in [2.75, 3.05) is 39.5 Å². The number of hydrogen-bond donors (Lipinski definition) is 0. The molecule has 0 aromatic carbocycles. The van der Waals surface area contributed by atoms with Crippen molar-refractivity contribution in [3.63, 3.8) is 0 Å². The molecule has 1 unspecified atom stereocenters. The molecule has 7 nitrogen and oxygen atoms in total. The van der Waals surface area contributed by atoms with Crippen LogP contribution in [0.1, 0.15) is 54.3 Å². The fraction of sp³-hybridized carbons (Fsp3) is 0.632. The molecule has 1 aromatic heterocycles. The fourth-order valence-corrected chi connectivity index (χ4v) is 2.68. The lowest BCUT2D eigenvalue weighted by Crippen LogP contribution is -2.41. The number of ether oxygens (including phenoxy) is 3. The van der Waals surface area contributed by atoms with Crippen LogP contribution in [0.15, 0.2) is 18.5 Å². The van der Waals surface area contributed by atoms with Crippen molar-refractivity contribution in [3.8, 4) is 0 Å². The molecule has 1 atom stereocenters. The minimum absolute atomic E-state index is 0.243. The van der Waals surface area contributed by atoms with Gasteiger partial charge in [-0.05, 0) is 32.8 Å². The molecule has 2 heterocycles. The zero-order valence-electron chi connectivity index (χ0n) is 15.8. The molecule has 1 fully saturated rings. The Balaban J connectivity index is 1.98. The summed E-state index contributed by atoms with van der Waals surface area (Å²) in [6, 6.07) is 1.46. The van der Waals surface area contributed by atoms with Crippen LogP contribution in [0.2, 0.25) is 0 Å². The lowest BCUT2D eigenvalue weighted by Gasteiger charge is -2.33. The number of morpholine rings is 1. The average Bonchev–Trinajstić information content (AvgIpc) is 2.67. The number of nitrogens with zero attached hydrogens (tertiary/aromatic N) is 2. The Hall–Kier alpha value is -1.99. The molecule has 7 heteroatoms. The summed E-state index contributed by atoms with van der Waals surface area (Å²) < 4.78 is 16.1. The van der Waals surface area contributed by atoms with Crippen molar-refractivity contribution in [1.82, 2.24) is 9.88 Å². The second-order valence-electron chi connectivity index (χ2n) is 6.58. The molecule has 26 heavy (non-hydrogen) atoms. The van der Waals surface area contributed by atoms with Gasteiger partial charge < -0.3 is 14.2 Å². The van der Waals surface area contributed by atoms with E-state index in [4.69, 9.17) is 14.2 Å². The third-order valence-electron chi connectivity index (χ3n) is 4.63. The topological polar surface area (TPSA) is 78.0 Å². The maximum Gasteiger partial charge on any atom is 0.340 e. The standard InChI is InChI=1S/C19H28N2O5/c1-4-19(3,6-7-21-8-10-24-11-9-21)26-18(23)16-12-15(13-20-14-16)17(22)25-5-2/h12-14H,4-11H2,1-3H3. The van der Waals surface area contributed by atoms with E-state index in [0.717, 1.165) is 39.3 Å². The number of aromatic nitrogens is 1. The molecule has 1 aliphatic heterocycles. The van der Waals surface area contributed by atoms with Gasteiger partial charge in [0.2, 0.25) is 0 Å². The van der Waals surface area contributed by atoms with E-state index in [-0.39, 0.29) is 17.7 Å². The van der Waals surface area contributed by atoms with Gasteiger partial charge >= 0.3 is 11.9 Å². The summed E-state index contributed by atoms with van der Waals surface area (Å²) in [6.07, 6.45) is 4.23. The summed E-state index contributed by atoms with van der Waals surface area (Å²) in [6.45, 7) is 10.1. The molecule has 0 aliphatic carbocycles. The van der Waals surface area contributed by atoms with Crippen molar-refractivity contribution in [1.29, 1.82) is 0 Å². The fourth-order valence-electron chi connectivity index (χ4n) is 2.68. The molecule has 0 amide bonds. The van der Waals surface area contributed by atoms with E-state index in [2.05, 4.69) is 9.88 Å². The van der Waals surface area contributed by atoms with Gasteiger partial charge in [0, 0.05) is 32.0 Å². The lowest BCUT2D eigenvalue weighted by atomic mass is 9.98. The summed E-state index contributed by atoms with van der Waals surface area (Å²) >= 11 is 0. The van der Waals surface area contributed by atoms with Crippen LogP contribution in [-0.2, 0) is 14.2 Å². The van der Waals surface area contributed by atoms with Gasteiger partial charge in [-0.25, -0.2) is 9.59 Å². The SMILES string of the molecule is CCOC(=O)c1cncc(C(=O)OC(C)(CC)CCN2CCOCC2)c1. The second-order valence-corrected chi connectivity index (χ2v) is 6.58. The quantitative estimate of drug-likeness (QED) is 0.655. The van der Waals surface area contributed by atoms with Crippen LogP contribution < -0.4 is 0 Å². The number of esters is 2. The van der Waals surface area contributed by atoms with Gasteiger partial charge in [-0.15, -0.1) is 0 Å². The summed E-state index contributed by atoms with van der Waals surface area (Å²) in [5.74, 6) is -0.977. The van der Waals surface area contributed by atoms with E-state index in [1.54, 1.807) is 6.92 Å². The first-order valence-electron chi connectivity index (χ1n) is 9.13. The van der Waals surface area contributed by atoms with Crippen molar-refractivity contribution in [2.45, 2.75) is 39.2 Å². The van der Waals surface area contributed by atoms with Crippen LogP contribution in [0.4, 0.5) is 0 Å². The molecular formula is C19H28N2O5. The van der Waals surface area contributed by atoms with Crippen LogP contribution in [-0.4, -0.2) is 66.9 Å². The monoisotopic (exact) mass is 364 g/mol. The van der Waals surface area contributed by atoms with E-state index in [1.165, 1.54) is 18.5 Å². The largest absolute Gasteiger partial charge is 0.462 e. The molecule has 1 aromatic rings. The highest BCUT2D eigenvalue weighted by atomic mass is 16.6. The van der Waals surface area contributed by atoms with Crippen molar-refractivity contribution in [2.24, 2.45) is 0 Å². The Bertz CT molecular complexity index is 616.